The molecule has 4 aromatic rings. The van der Waals surface area contributed by atoms with E-state index in [2.05, 4.69) is 52.0 Å². The van der Waals surface area contributed by atoms with E-state index in [-0.39, 0.29) is 12.0 Å². The van der Waals surface area contributed by atoms with Crippen LogP contribution >= 0.6 is 0 Å². The zero-order valence-corrected chi connectivity index (χ0v) is 21.1. The van der Waals surface area contributed by atoms with Gasteiger partial charge in [0.15, 0.2) is 6.17 Å². The SMILES string of the molecule is COc1cc(/C=C2\CCC[NH2+]\C2=N/C(Nc2ccc(F)cc2)c2ccccc2)ccc1-n1cnc(C)c1. The number of piperidine rings is 1. The quantitative estimate of drug-likeness (QED) is 0.366. The maximum atomic E-state index is 13.5. The van der Waals surface area contributed by atoms with Crippen molar-refractivity contribution in [2.75, 3.05) is 19.0 Å². The van der Waals surface area contributed by atoms with Gasteiger partial charge >= 0.3 is 0 Å². The Hall–Kier alpha value is -4.23. The maximum absolute atomic E-state index is 13.5. The smallest absolute Gasteiger partial charge is 0.225 e. The molecule has 5 rings (SSSR count). The summed E-state index contributed by atoms with van der Waals surface area (Å²) in [5, 5.41) is 5.68. The number of rotatable bonds is 7. The van der Waals surface area contributed by atoms with Gasteiger partial charge in [0.05, 0.1) is 31.4 Å². The summed E-state index contributed by atoms with van der Waals surface area (Å²) in [7, 11) is 1.69. The molecule has 0 aliphatic carbocycles. The Labute approximate surface area is 216 Å². The number of aryl methyl sites for hydroxylation is 1. The van der Waals surface area contributed by atoms with Crippen LogP contribution in [0.5, 0.6) is 5.75 Å². The second kappa shape index (κ2) is 11.2. The van der Waals surface area contributed by atoms with Crippen molar-refractivity contribution in [1.82, 2.24) is 9.55 Å². The first-order valence-electron chi connectivity index (χ1n) is 12.5. The van der Waals surface area contributed by atoms with E-state index >= 15 is 0 Å². The number of methoxy groups -OCH3 is 1. The van der Waals surface area contributed by atoms with Crippen molar-refractivity contribution >= 4 is 17.6 Å². The predicted octanol–water partition coefficient (Wildman–Crippen LogP) is 5.28. The molecule has 0 saturated carbocycles. The average molecular weight is 497 g/mol. The predicted molar refractivity (Wildman–Crippen MR) is 145 cm³/mol. The number of imidazole rings is 1. The van der Waals surface area contributed by atoms with Crippen molar-refractivity contribution in [2.45, 2.75) is 25.9 Å². The number of anilines is 1. The molecule has 3 N–H and O–H groups in total. The summed E-state index contributed by atoms with van der Waals surface area (Å²) in [6.07, 6.45) is 7.69. The maximum Gasteiger partial charge on any atom is 0.225 e. The summed E-state index contributed by atoms with van der Waals surface area (Å²) in [4.78, 5) is 9.49. The molecule has 7 heteroatoms. The number of quaternary nitrogens is 1. The minimum atomic E-state index is -0.305. The Morgan fingerprint density at radius 2 is 1.92 bits per heavy atom. The average Bonchev–Trinajstić information content (AvgIpc) is 3.37. The van der Waals surface area contributed by atoms with E-state index in [1.165, 1.54) is 17.7 Å². The topological polar surface area (TPSA) is 68.1 Å². The number of hydrogen-bond donors (Lipinski definition) is 2. The molecule has 0 bridgehead atoms. The summed E-state index contributed by atoms with van der Waals surface area (Å²) in [6.45, 7) is 2.95. The Kier molecular flexibility index (Phi) is 7.42. The highest BCUT2D eigenvalue weighted by molar-refractivity contribution is 5.96. The number of nitrogens with two attached hydrogens (primary N) is 1. The summed E-state index contributed by atoms with van der Waals surface area (Å²) in [5.41, 5.74) is 5.99. The van der Waals surface area contributed by atoms with Crippen molar-refractivity contribution in [3.05, 3.63) is 114 Å². The third-order valence-electron chi connectivity index (χ3n) is 6.38. The van der Waals surface area contributed by atoms with Crippen LogP contribution in [-0.2, 0) is 0 Å². The van der Waals surface area contributed by atoms with E-state index in [1.807, 2.05) is 35.9 Å². The second-order valence-corrected chi connectivity index (χ2v) is 9.10. The molecule has 1 atom stereocenters. The largest absolute Gasteiger partial charge is 0.495 e. The third-order valence-corrected chi connectivity index (χ3v) is 6.38. The molecule has 1 unspecified atom stereocenters. The Balaban J connectivity index is 1.48. The van der Waals surface area contributed by atoms with Gasteiger partial charge in [-0.1, -0.05) is 36.4 Å². The lowest BCUT2D eigenvalue weighted by molar-refractivity contribution is -0.543. The molecule has 188 valence electrons. The number of benzene rings is 3. The summed E-state index contributed by atoms with van der Waals surface area (Å²) in [6, 6.07) is 22.7. The van der Waals surface area contributed by atoms with Crippen molar-refractivity contribution in [3.8, 4) is 11.4 Å². The first-order valence-corrected chi connectivity index (χ1v) is 12.5. The van der Waals surface area contributed by atoms with E-state index in [0.717, 1.165) is 59.2 Å². The zero-order chi connectivity index (χ0) is 25.6. The van der Waals surface area contributed by atoms with Crippen LogP contribution in [0, 0.1) is 12.7 Å². The van der Waals surface area contributed by atoms with E-state index in [0.29, 0.717) is 0 Å². The molecular formula is C30H31FN5O+. The van der Waals surface area contributed by atoms with Gasteiger partial charge in [0.25, 0.3) is 0 Å². The summed E-state index contributed by atoms with van der Waals surface area (Å²) < 4.78 is 21.2. The molecule has 2 heterocycles. The fourth-order valence-electron chi connectivity index (χ4n) is 4.49. The van der Waals surface area contributed by atoms with E-state index in [4.69, 9.17) is 9.73 Å². The van der Waals surface area contributed by atoms with Gasteiger partial charge in [-0.25, -0.2) is 14.4 Å². The molecule has 37 heavy (non-hydrogen) atoms. The number of nitrogens with zero attached hydrogens (tertiary/aromatic N) is 3. The molecule has 0 radical (unpaired) electrons. The van der Waals surface area contributed by atoms with Crippen LogP contribution in [-0.4, -0.2) is 29.0 Å². The van der Waals surface area contributed by atoms with Crippen molar-refractivity contribution in [3.63, 3.8) is 0 Å². The van der Waals surface area contributed by atoms with E-state index in [9.17, 15) is 4.39 Å². The monoisotopic (exact) mass is 496 g/mol. The van der Waals surface area contributed by atoms with Gasteiger partial charge in [-0.3, -0.25) is 5.32 Å². The van der Waals surface area contributed by atoms with Crippen LogP contribution in [0.15, 0.2) is 95.9 Å². The van der Waals surface area contributed by atoms with E-state index in [1.54, 1.807) is 25.6 Å². The van der Waals surface area contributed by atoms with Gasteiger partial charge in [0.1, 0.15) is 11.6 Å². The number of aliphatic imine (C=N–C) groups is 1. The molecule has 1 aliphatic rings. The molecule has 1 fully saturated rings. The molecule has 1 saturated heterocycles. The normalized spacial score (nSPS) is 16.6. The molecule has 1 aromatic heterocycles. The standard InChI is InChI=1S/C30H30FN5O/c1-21-19-36(20-33-21)27-15-10-22(18-28(27)37-2)17-24-9-6-16-32-29(24)35-30(23-7-4-3-5-8-23)34-26-13-11-25(31)12-14-26/h3-5,7-8,10-15,17-20,30,34H,6,9,16H2,1-2H3,(H,32,35)/p+1/b24-17+. The molecule has 0 spiro atoms. The number of halogens is 1. The van der Waals surface area contributed by atoms with Crippen LogP contribution < -0.4 is 15.4 Å². The van der Waals surface area contributed by atoms with Crippen LogP contribution in [0.25, 0.3) is 11.8 Å². The third kappa shape index (κ3) is 5.95. The van der Waals surface area contributed by atoms with Crippen molar-refractivity contribution in [2.24, 2.45) is 4.99 Å². The Morgan fingerprint density at radius 3 is 2.65 bits per heavy atom. The molecule has 6 nitrogen and oxygen atoms in total. The molecular weight excluding hydrogens is 465 g/mol. The summed E-state index contributed by atoms with van der Waals surface area (Å²) in [5.74, 6) is 1.50. The van der Waals surface area contributed by atoms with Crippen LogP contribution in [0.3, 0.4) is 0 Å². The zero-order valence-electron chi connectivity index (χ0n) is 21.1. The lowest BCUT2D eigenvalue weighted by Crippen LogP contribution is -2.90. The second-order valence-electron chi connectivity index (χ2n) is 9.10. The molecule has 0 amide bonds. The van der Waals surface area contributed by atoms with Crippen LogP contribution in [0.1, 0.15) is 35.8 Å². The van der Waals surface area contributed by atoms with Gasteiger partial charge in [0.2, 0.25) is 5.84 Å². The van der Waals surface area contributed by atoms with E-state index < -0.39 is 0 Å². The van der Waals surface area contributed by atoms with Crippen LogP contribution in [0.2, 0.25) is 0 Å². The highest BCUT2D eigenvalue weighted by Crippen LogP contribution is 2.27. The summed E-state index contributed by atoms with van der Waals surface area (Å²) >= 11 is 0. The first kappa shape index (κ1) is 24.5. The Morgan fingerprint density at radius 1 is 1.11 bits per heavy atom. The molecule has 1 aliphatic heterocycles. The fourth-order valence-corrected chi connectivity index (χ4v) is 4.49. The Bertz CT molecular complexity index is 1410. The minimum Gasteiger partial charge on any atom is -0.495 e. The van der Waals surface area contributed by atoms with Crippen molar-refractivity contribution < 1.29 is 14.4 Å². The number of nitrogens with one attached hydrogen (secondary N) is 1. The highest BCUT2D eigenvalue weighted by Gasteiger charge is 2.21. The van der Waals surface area contributed by atoms with Gasteiger partial charge in [-0.15, -0.1) is 0 Å². The lowest BCUT2D eigenvalue weighted by Gasteiger charge is -2.20. The number of amidine groups is 1. The highest BCUT2D eigenvalue weighted by atomic mass is 19.1. The van der Waals surface area contributed by atoms with Gasteiger partial charge in [-0.05, 0) is 66.9 Å². The van der Waals surface area contributed by atoms with Crippen LogP contribution in [0.4, 0.5) is 10.1 Å². The lowest BCUT2D eigenvalue weighted by atomic mass is 10.0. The van der Waals surface area contributed by atoms with Gasteiger partial charge < -0.3 is 14.6 Å². The fraction of sp³-hybridized carbons (Fsp3) is 0.200. The molecule has 3 aromatic carbocycles. The van der Waals surface area contributed by atoms with Crippen molar-refractivity contribution in [1.29, 1.82) is 0 Å². The first-order chi connectivity index (χ1) is 18.1. The van der Waals surface area contributed by atoms with Gasteiger partial charge in [0, 0.05) is 23.9 Å². The minimum absolute atomic E-state index is 0.261. The number of hydrogen-bond acceptors (Lipinski definition) is 4. The number of aromatic nitrogens is 2. The number of ether oxygens (including phenoxy) is 1. The van der Waals surface area contributed by atoms with Gasteiger partial charge in [-0.2, -0.15) is 0 Å².